The molecular formula is C17H17N5O2S3. The van der Waals surface area contributed by atoms with E-state index >= 15 is 0 Å². The van der Waals surface area contributed by atoms with Gasteiger partial charge in [0.25, 0.3) is 10.0 Å². The molecule has 0 spiro atoms. The molecule has 3 rings (SSSR count). The predicted octanol–water partition coefficient (Wildman–Crippen LogP) is 4.31. The van der Waals surface area contributed by atoms with Crippen molar-refractivity contribution >= 4 is 48.6 Å². The zero-order valence-corrected chi connectivity index (χ0v) is 17.3. The van der Waals surface area contributed by atoms with Crippen molar-refractivity contribution in [1.82, 2.24) is 9.97 Å². The molecule has 0 unspecified atom stereocenters. The van der Waals surface area contributed by atoms with Crippen LogP contribution in [0.15, 0.2) is 40.1 Å². The van der Waals surface area contributed by atoms with Crippen LogP contribution in [0.25, 0.3) is 0 Å². The van der Waals surface area contributed by atoms with Gasteiger partial charge in [0.1, 0.15) is 11.0 Å². The highest BCUT2D eigenvalue weighted by Crippen LogP contribution is 2.29. The van der Waals surface area contributed by atoms with Gasteiger partial charge in [0.15, 0.2) is 10.3 Å². The van der Waals surface area contributed by atoms with Gasteiger partial charge in [-0.15, -0.1) is 22.7 Å². The smallest absolute Gasteiger partial charge is 0.264 e. The summed E-state index contributed by atoms with van der Waals surface area (Å²) in [6.45, 7) is 6.23. The van der Waals surface area contributed by atoms with Gasteiger partial charge in [-0.25, -0.2) is 18.4 Å². The quantitative estimate of drug-likeness (QED) is 0.638. The Balaban J connectivity index is 1.86. The molecule has 0 amide bonds. The summed E-state index contributed by atoms with van der Waals surface area (Å²) in [7, 11) is -3.90. The fraction of sp³-hybridized carbons (Fsp3) is 0.235. The number of rotatable bonds is 5. The molecule has 2 N–H and O–H groups in total. The first-order valence-electron chi connectivity index (χ1n) is 7.88. The van der Waals surface area contributed by atoms with E-state index in [0.717, 1.165) is 17.0 Å². The molecule has 0 aliphatic heterocycles. The van der Waals surface area contributed by atoms with E-state index in [1.54, 1.807) is 11.4 Å². The van der Waals surface area contributed by atoms with Crippen LogP contribution in [0, 0.1) is 11.3 Å². The van der Waals surface area contributed by atoms with Gasteiger partial charge >= 0.3 is 0 Å². The normalized spacial score (nSPS) is 11.8. The fourth-order valence-corrected chi connectivity index (χ4v) is 5.06. The number of anilines is 3. The van der Waals surface area contributed by atoms with Gasteiger partial charge in [0.05, 0.1) is 11.3 Å². The van der Waals surface area contributed by atoms with Crippen molar-refractivity contribution in [3.05, 3.63) is 46.4 Å². The number of sulfonamides is 1. The minimum absolute atomic E-state index is 0.0386. The molecule has 0 aliphatic rings. The van der Waals surface area contributed by atoms with Crippen molar-refractivity contribution in [3.63, 3.8) is 0 Å². The average molecular weight is 420 g/mol. The number of hydrogen-bond donors (Lipinski definition) is 2. The number of nitrogens with one attached hydrogen (secondary N) is 2. The number of aromatic nitrogens is 2. The number of thiazole rings is 2. The Kier molecular flexibility index (Phi) is 5.19. The van der Waals surface area contributed by atoms with E-state index in [1.165, 1.54) is 29.7 Å². The topological polar surface area (TPSA) is 108 Å². The molecule has 0 radical (unpaired) electrons. The molecule has 0 atom stereocenters. The molecule has 2 heterocycles. The van der Waals surface area contributed by atoms with Gasteiger partial charge in [0.2, 0.25) is 0 Å². The molecule has 7 nitrogen and oxygen atoms in total. The van der Waals surface area contributed by atoms with Crippen molar-refractivity contribution < 1.29 is 8.42 Å². The van der Waals surface area contributed by atoms with E-state index < -0.39 is 10.0 Å². The Hall–Kier alpha value is -2.48. The molecule has 3 aromatic rings. The Morgan fingerprint density at radius 3 is 2.56 bits per heavy atom. The van der Waals surface area contributed by atoms with Gasteiger partial charge in [0, 0.05) is 28.1 Å². The van der Waals surface area contributed by atoms with Gasteiger partial charge in [-0.1, -0.05) is 20.8 Å². The largest absolute Gasteiger partial charge is 0.332 e. The molecular weight excluding hydrogens is 402 g/mol. The minimum atomic E-state index is -3.90. The van der Waals surface area contributed by atoms with Crippen molar-refractivity contribution in [2.24, 2.45) is 0 Å². The lowest BCUT2D eigenvalue weighted by Crippen LogP contribution is -2.14. The third-order valence-electron chi connectivity index (χ3n) is 3.57. The van der Waals surface area contributed by atoms with E-state index in [2.05, 4.69) is 40.8 Å². The molecule has 1 aromatic carbocycles. The van der Waals surface area contributed by atoms with Crippen LogP contribution in [0.5, 0.6) is 0 Å². The van der Waals surface area contributed by atoms with E-state index in [9.17, 15) is 13.7 Å². The maximum Gasteiger partial charge on any atom is 0.264 e. The van der Waals surface area contributed by atoms with Crippen LogP contribution in [-0.2, 0) is 15.4 Å². The average Bonchev–Trinajstić information content (AvgIpc) is 3.25. The first-order valence-corrected chi connectivity index (χ1v) is 11.1. The molecule has 0 fully saturated rings. The second-order valence-corrected chi connectivity index (χ2v) is 10.1. The first-order chi connectivity index (χ1) is 12.7. The SMILES string of the molecule is CC(C)(C)c1csc(Nc2ccc(S(=O)(=O)Nc3nccs3)c(C#N)c2)n1. The van der Waals surface area contributed by atoms with Gasteiger partial charge < -0.3 is 5.32 Å². The molecule has 2 aromatic heterocycles. The highest BCUT2D eigenvalue weighted by molar-refractivity contribution is 7.93. The Morgan fingerprint density at radius 2 is 1.96 bits per heavy atom. The second-order valence-electron chi connectivity index (χ2n) is 6.68. The van der Waals surface area contributed by atoms with Crippen molar-refractivity contribution in [3.8, 4) is 6.07 Å². The minimum Gasteiger partial charge on any atom is -0.332 e. The monoisotopic (exact) mass is 419 g/mol. The van der Waals surface area contributed by atoms with Crippen molar-refractivity contribution in [1.29, 1.82) is 5.26 Å². The second kappa shape index (κ2) is 7.26. The third-order valence-corrected chi connectivity index (χ3v) is 6.54. The lowest BCUT2D eigenvalue weighted by molar-refractivity contribution is 0.573. The number of benzene rings is 1. The highest BCUT2D eigenvalue weighted by Gasteiger charge is 2.21. The Labute approximate surface area is 165 Å². The first kappa shape index (κ1) is 19.3. The zero-order chi connectivity index (χ0) is 19.7. The van der Waals surface area contributed by atoms with Crippen LogP contribution >= 0.6 is 22.7 Å². The Morgan fingerprint density at radius 1 is 1.19 bits per heavy atom. The van der Waals surface area contributed by atoms with Crippen LogP contribution in [-0.4, -0.2) is 18.4 Å². The number of nitriles is 1. The van der Waals surface area contributed by atoms with Crippen molar-refractivity contribution in [2.45, 2.75) is 31.1 Å². The number of nitrogens with zero attached hydrogens (tertiary/aromatic N) is 3. The summed E-state index contributed by atoms with van der Waals surface area (Å²) in [5.41, 5.74) is 1.53. The Bertz CT molecular complexity index is 1090. The summed E-state index contributed by atoms with van der Waals surface area (Å²) < 4.78 is 27.4. The van der Waals surface area contributed by atoms with Gasteiger partial charge in [-0.2, -0.15) is 5.26 Å². The molecule has 10 heteroatoms. The summed E-state index contributed by atoms with van der Waals surface area (Å²) in [4.78, 5) is 8.35. The molecule has 0 aliphatic carbocycles. The number of hydrogen-bond acceptors (Lipinski definition) is 8. The van der Waals surface area contributed by atoms with Crippen LogP contribution < -0.4 is 10.0 Å². The molecule has 0 saturated heterocycles. The molecule has 0 bridgehead atoms. The summed E-state index contributed by atoms with van der Waals surface area (Å²) in [5, 5.41) is 17.1. The van der Waals surface area contributed by atoms with E-state index in [-0.39, 0.29) is 21.0 Å². The molecule has 0 saturated carbocycles. The summed E-state index contributed by atoms with van der Waals surface area (Å²) >= 11 is 2.62. The maximum absolute atomic E-state index is 12.5. The van der Waals surface area contributed by atoms with Crippen LogP contribution in [0.2, 0.25) is 0 Å². The van der Waals surface area contributed by atoms with E-state index in [4.69, 9.17) is 0 Å². The fourth-order valence-electron chi connectivity index (χ4n) is 2.17. The maximum atomic E-state index is 12.5. The zero-order valence-electron chi connectivity index (χ0n) is 14.8. The van der Waals surface area contributed by atoms with Crippen molar-refractivity contribution in [2.75, 3.05) is 10.0 Å². The molecule has 27 heavy (non-hydrogen) atoms. The van der Waals surface area contributed by atoms with Crippen LogP contribution in [0.3, 0.4) is 0 Å². The third kappa shape index (κ3) is 4.44. The van der Waals surface area contributed by atoms with Crippen LogP contribution in [0.1, 0.15) is 32.0 Å². The van der Waals surface area contributed by atoms with Crippen LogP contribution in [0.4, 0.5) is 16.0 Å². The lowest BCUT2D eigenvalue weighted by Gasteiger charge is -2.14. The van der Waals surface area contributed by atoms with E-state index in [0.29, 0.717) is 10.8 Å². The van der Waals surface area contributed by atoms with E-state index in [1.807, 2.05) is 11.4 Å². The standard InChI is InChI=1S/C17H17N5O2S3/c1-17(2,3)14-10-26-16(21-14)20-12-4-5-13(11(8-12)9-18)27(23,24)22-15-19-6-7-25-15/h4-8,10H,1-3H3,(H,19,22)(H,20,21). The molecule has 140 valence electrons. The summed E-state index contributed by atoms with van der Waals surface area (Å²) in [5.74, 6) is 0. The predicted molar refractivity (Wildman–Crippen MR) is 108 cm³/mol. The van der Waals surface area contributed by atoms with Gasteiger partial charge in [-0.3, -0.25) is 4.72 Å². The summed E-state index contributed by atoms with van der Waals surface area (Å²) in [6.07, 6.45) is 1.50. The summed E-state index contributed by atoms with van der Waals surface area (Å²) in [6, 6.07) is 6.44. The highest BCUT2D eigenvalue weighted by atomic mass is 32.2. The lowest BCUT2D eigenvalue weighted by atomic mass is 9.93. The van der Waals surface area contributed by atoms with Gasteiger partial charge in [-0.05, 0) is 18.2 Å².